The van der Waals surface area contributed by atoms with Crippen LogP contribution in [0.5, 0.6) is 0 Å². The standard InChI is InChI=1S/C12H19N3O2S/c1-9-14-10-7-13-5-3-11(10)15(9)12(2)4-6-18(16,17)8-12/h13H,3-8H2,1-2H3. The van der Waals surface area contributed by atoms with Crippen LogP contribution in [0.3, 0.4) is 0 Å². The van der Waals surface area contributed by atoms with Crippen molar-refractivity contribution in [3.05, 3.63) is 17.2 Å². The molecule has 3 heterocycles. The highest BCUT2D eigenvalue weighted by atomic mass is 32.2. The summed E-state index contributed by atoms with van der Waals surface area (Å²) in [6.07, 6.45) is 1.64. The fourth-order valence-corrected chi connectivity index (χ4v) is 5.45. The summed E-state index contributed by atoms with van der Waals surface area (Å²) in [4.78, 5) is 4.59. The summed E-state index contributed by atoms with van der Waals surface area (Å²) < 4.78 is 25.7. The van der Waals surface area contributed by atoms with E-state index in [9.17, 15) is 8.42 Å². The van der Waals surface area contributed by atoms with Gasteiger partial charge in [0.15, 0.2) is 9.84 Å². The average molecular weight is 269 g/mol. The lowest BCUT2D eigenvalue weighted by atomic mass is 10.00. The fourth-order valence-electron chi connectivity index (χ4n) is 3.33. The minimum absolute atomic E-state index is 0.247. The van der Waals surface area contributed by atoms with Gasteiger partial charge < -0.3 is 9.88 Å². The molecule has 0 radical (unpaired) electrons. The van der Waals surface area contributed by atoms with Crippen LogP contribution < -0.4 is 5.32 Å². The van der Waals surface area contributed by atoms with E-state index in [-0.39, 0.29) is 11.3 Å². The van der Waals surface area contributed by atoms with E-state index in [1.165, 1.54) is 5.69 Å². The van der Waals surface area contributed by atoms with Crippen molar-refractivity contribution >= 4 is 9.84 Å². The number of imidazole rings is 1. The second-order valence-electron chi connectivity index (χ2n) is 5.65. The highest BCUT2D eigenvalue weighted by molar-refractivity contribution is 7.91. The van der Waals surface area contributed by atoms with E-state index in [1.54, 1.807) is 0 Å². The summed E-state index contributed by atoms with van der Waals surface area (Å²) in [5.74, 6) is 1.49. The van der Waals surface area contributed by atoms with Crippen LogP contribution in [0.1, 0.15) is 30.6 Å². The lowest BCUT2D eigenvalue weighted by molar-refractivity contribution is 0.344. The second kappa shape index (κ2) is 3.81. The van der Waals surface area contributed by atoms with Gasteiger partial charge in [0.1, 0.15) is 5.82 Å². The van der Waals surface area contributed by atoms with Gasteiger partial charge in [-0.25, -0.2) is 13.4 Å². The quantitative estimate of drug-likeness (QED) is 0.800. The van der Waals surface area contributed by atoms with Gasteiger partial charge in [-0.3, -0.25) is 0 Å². The Hall–Kier alpha value is -0.880. The van der Waals surface area contributed by atoms with Crippen LogP contribution in [0.4, 0.5) is 0 Å². The Labute approximate surface area is 108 Å². The molecule has 1 saturated heterocycles. The maximum absolute atomic E-state index is 11.8. The summed E-state index contributed by atoms with van der Waals surface area (Å²) in [6.45, 7) is 5.77. The van der Waals surface area contributed by atoms with Crippen LogP contribution >= 0.6 is 0 Å². The molecule has 0 aromatic carbocycles. The Bertz CT molecular complexity index is 591. The Kier molecular flexibility index (Phi) is 2.57. The monoisotopic (exact) mass is 269 g/mol. The molecule has 5 nitrogen and oxygen atoms in total. The molecule has 0 aliphatic carbocycles. The van der Waals surface area contributed by atoms with Crippen molar-refractivity contribution in [3.63, 3.8) is 0 Å². The van der Waals surface area contributed by atoms with Gasteiger partial charge in [-0.1, -0.05) is 0 Å². The first-order valence-corrected chi connectivity index (χ1v) is 8.22. The molecule has 0 spiro atoms. The van der Waals surface area contributed by atoms with Crippen LogP contribution in [0, 0.1) is 6.92 Å². The zero-order valence-electron chi connectivity index (χ0n) is 10.9. The maximum atomic E-state index is 11.8. The lowest BCUT2D eigenvalue weighted by Crippen LogP contribution is -2.35. The number of hydrogen-bond acceptors (Lipinski definition) is 4. The molecule has 1 fully saturated rings. The third kappa shape index (κ3) is 1.78. The van der Waals surface area contributed by atoms with Gasteiger partial charge in [-0.2, -0.15) is 0 Å². The van der Waals surface area contributed by atoms with E-state index >= 15 is 0 Å². The molecule has 6 heteroatoms. The summed E-state index contributed by atoms with van der Waals surface area (Å²) in [5, 5.41) is 3.31. The second-order valence-corrected chi connectivity index (χ2v) is 7.84. The van der Waals surface area contributed by atoms with Crippen LogP contribution in [0.2, 0.25) is 0 Å². The smallest absolute Gasteiger partial charge is 0.152 e. The number of nitrogens with zero attached hydrogens (tertiary/aromatic N) is 2. The van der Waals surface area contributed by atoms with Gasteiger partial charge in [-0.15, -0.1) is 0 Å². The first-order chi connectivity index (χ1) is 8.41. The molecule has 3 rings (SSSR count). The third-order valence-electron chi connectivity index (χ3n) is 4.08. The van der Waals surface area contributed by atoms with Gasteiger partial charge in [0.2, 0.25) is 0 Å². The van der Waals surface area contributed by atoms with Crippen molar-refractivity contribution in [2.24, 2.45) is 0 Å². The molecule has 2 aliphatic rings. The zero-order chi connectivity index (χ0) is 13.0. The van der Waals surface area contributed by atoms with E-state index in [0.717, 1.165) is 31.0 Å². The number of aryl methyl sites for hydroxylation is 1. The number of rotatable bonds is 1. The van der Waals surface area contributed by atoms with Crippen molar-refractivity contribution in [2.75, 3.05) is 18.1 Å². The van der Waals surface area contributed by atoms with Crippen LogP contribution in [-0.4, -0.2) is 36.0 Å². The van der Waals surface area contributed by atoms with E-state index in [4.69, 9.17) is 0 Å². The molecular formula is C12H19N3O2S. The van der Waals surface area contributed by atoms with Crippen molar-refractivity contribution in [1.29, 1.82) is 0 Å². The van der Waals surface area contributed by atoms with E-state index in [2.05, 4.69) is 21.8 Å². The van der Waals surface area contributed by atoms with Crippen molar-refractivity contribution in [2.45, 2.75) is 38.8 Å². The van der Waals surface area contributed by atoms with Crippen LogP contribution in [0.25, 0.3) is 0 Å². The first-order valence-electron chi connectivity index (χ1n) is 6.40. The topological polar surface area (TPSA) is 64.0 Å². The third-order valence-corrected chi connectivity index (χ3v) is 5.96. The molecule has 0 amide bonds. The molecule has 1 atom stereocenters. The van der Waals surface area contributed by atoms with Gasteiger partial charge in [0, 0.05) is 25.2 Å². The Balaban J connectivity index is 2.10. The highest BCUT2D eigenvalue weighted by Crippen LogP contribution is 2.34. The lowest BCUT2D eigenvalue weighted by Gasteiger charge is -2.29. The molecule has 1 N–H and O–H groups in total. The molecule has 1 unspecified atom stereocenters. The molecule has 0 bridgehead atoms. The summed E-state index contributed by atoms with van der Waals surface area (Å²) in [6, 6.07) is 0. The molecule has 2 aliphatic heterocycles. The molecule has 0 saturated carbocycles. The highest BCUT2D eigenvalue weighted by Gasteiger charge is 2.42. The number of hydrogen-bond donors (Lipinski definition) is 1. The van der Waals surface area contributed by atoms with Gasteiger partial charge in [0.05, 0.1) is 22.7 Å². The minimum atomic E-state index is -2.89. The number of aromatic nitrogens is 2. The number of sulfone groups is 1. The predicted molar refractivity (Wildman–Crippen MR) is 69.3 cm³/mol. The van der Waals surface area contributed by atoms with E-state index in [0.29, 0.717) is 12.2 Å². The van der Waals surface area contributed by atoms with Gasteiger partial charge >= 0.3 is 0 Å². The molecule has 1 aromatic rings. The molecular weight excluding hydrogens is 250 g/mol. The zero-order valence-corrected chi connectivity index (χ0v) is 11.7. The summed E-state index contributed by atoms with van der Waals surface area (Å²) in [5.41, 5.74) is 2.01. The van der Waals surface area contributed by atoms with Crippen molar-refractivity contribution in [3.8, 4) is 0 Å². The molecule has 1 aromatic heterocycles. The van der Waals surface area contributed by atoms with Crippen molar-refractivity contribution in [1.82, 2.24) is 14.9 Å². The molecule has 100 valence electrons. The minimum Gasteiger partial charge on any atom is -0.325 e. The molecule has 18 heavy (non-hydrogen) atoms. The van der Waals surface area contributed by atoms with Crippen molar-refractivity contribution < 1.29 is 8.42 Å². The Morgan fingerprint density at radius 2 is 2.22 bits per heavy atom. The Morgan fingerprint density at radius 1 is 1.44 bits per heavy atom. The Morgan fingerprint density at radius 3 is 2.89 bits per heavy atom. The number of fused-ring (bicyclic) bond motifs is 1. The van der Waals surface area contributed by atoms with E-state index in [1.807, 2.05) is 6.92 Å². The first kappa shape index (κ1) is 12.2. The fraction of sp³-hybridized carbons (Fsp3) is 0.750. The average Bonchev–Trinajstić information content (AvgIpc) is 2.75. The predicted octanol–water partition coefficient (Wildman–Crippen LogP) is 0.371. The van der Waals surface area contributed by atoms with Gasteiger partial charge in [-0.05, 0) is 20.3 Å². The SMILES string of the molecule is Cc1nc2c(n1C1(C)CCS(=O)(=O)C1)CCNC2. The van der Waals surface area contributed by atoms with Crippen LogP contribution in [0.15, 0.2) is 0 Å². The number of nitrogens with one attached hydrogen (secondary N) is 1. The summed E-state index contributed by atoms with van der Waals surface area (Å²) >= 11 is 0. The summed E-state index contributed by atoms with van der Waals surface area (Å²) in [7, 11) is -2.89. The van der Waals surface area contributed by atoms with Gasteiger partial charge in [0.25, 0.3) is 0 Å². The maximum Gasteiger partial charge on any atom is 0.152 e. The van der Waals surface area contributed by atoms with E-state index < -0.39 is 9.84 Å². The largest absolute Gasteiger partial charge is 0.325 e. The van der Waals surface area contributed by atoms with Crippen LogP contribution in [-0.2, 0) is 28.3 Å². The normalized spacial score (nSPS) is 30.3.